The van der Waals surface area contributed by atoms with E-state index in [1.165, 1.54) is 0 Å². The molecule has 0 saturated carbocycles. The second-order valence-corrected chi connectivity index (χ2v) is 6.77. The lowest BCUT2D eigenvalue weighted by atomic mass is 9.84. The highest BCUT2D eigenvalue weighted by molar-refractivity contribution is 9.10. The summed E-state index contributed by atoms with van der Waals surface area (Å²) in [5.74, 6) is 1.47. The third kappa shape index (κ3) is 2.54. The summed E-state index contributed by atoms with van der Waals surface area (Å²) in [6, 6.07) is 4.11. The summed E-state index contributed by atoms with van der Waals surface area (Å²) >= 11 is 3.57. The minimum Gasteiger partial charge on any atom is -0.496 e. The molecule has 0 atom stereocenters. The van der Waals surface area contributed by atoms with Crippen LogP contribution < -0.4 is 10.5 Å². The van der Waals surface area contributed by atoms with Gasteiger partial charge in [0.1, 0.15) is 11.6 Å². The zero-order valence-corrected chi connectivity index (χ0v) is 14.1. The highest BCUT2D eigenvalue weighted by Crippen LogP contribution is 2.42. The average molecular weight is 338 g/mol. The molecule has 5 heteroatoms. The van der Waals surface area contributed by atoms with E-state index in [1.54, 1.807) is 18.0 Å². The van der Waals surface area contributed by atoms with Gasteiger partial charge in [0.15, 0.2) is 0 Å². The zero-order chi connectivity index (χ0) is 15.1. The summed E-state index contributed by atoms with van der Waals surface area (Å²) in [5, 5.41) is 4.21. The van der Waals surface area contributed by atoms with Crippen molar-refractivity contribution in [2.45, 2.75) is 26.2 Å². The molecule has 0 aliphatic carbocycles. The van der Waals surface area contributed by atoms with Crippen LogP contribution in [-0.4, -0.2) is 16.9 Å². The smallest absolute Gasteiger partial charge is 0.130 e. The summed E-state index contributed by atoms with van der Waals surface area (Å²) in [4.78, 5) is 0. The molecule has 20 heavy (non-hydrogen) atoms. The number of anilines is 1. The average Bonchev–Trinajstić information content (AvgIpc) is 2.68. The minimum absolute atomic E-state index is 0.0269. The van der Waals surface area contributed by atoms with E-state index >= 15 is 0 Å². The molecule has 0 aliphatic rings. The number of ether oxygens (including phenoxy) is 1. The first kappa shape index (κ1) is 14.9. The van der Waals surface area contributed by atoms with Gasteiger partial charge in [-0.3, -0.25) is 4.68 Å². The Hall–Kier alpha value is -1.49. The first-order valence-corrected chi connectivity index (χ1v) is 7.21. The molecule has 0 bridgehead atoms. The number of halogens is 1. The van der Waals surface area contributed by atoms with Crippen molar-refractivity contribution in [2.24, 2.45) is 7.05 Å². The van der Waals surface area contributed by atoms with Crippen molar-refractivity contribution in [1.82, 2.24) is 9.78 Å². The Bertz CT molecular complexity index is 641. The largest absolute Gasteiger partial charge is 0.496 e. The van der Waals surface area contributed by atoms with Crippen LogP contribution in [0, 0.1) is 0 Å². The molecular weight excluding hydrogens is 318 g/mol. The predicted octanol–water partition coefficient (Wildman–Crippen LogP) is 3.74. The fourth-order valence-corrected chi connectivity index (χ4v) is 2.68. The number of hydrogen-bond donors (Lipinski definition) is 1. The number of benzene rings is 1. The maximum atomic E-state index is 6.10. The fraction of sp³-hybridized carbons (Fsp3) is 0.400. The van der Waals surface area contributed by atoms with Crippen LogP contribution in [0.1, 0.15) is 26.3 Å². The SMILES string of the molecule is COc1c(-c2cnn(C)c2N)cc(Br)cc1C(C)(C)C. The van der Waals surface area contributed by atoms with E-state index in [9.17, 15) is 0 Å². The predicted molar refractivity (Wildman–Crippen MR) is 86.0 cm³/mol. The first-order valence-electron chi connectivity index (χ1n) is 6.41. The number of nitrogen functional groups attached to an aromatic ring is 1. The number of nitrogens with zero attached hydrogens (tertiary/aromatic N) is 2. The van der Waals surface area contributed by atoms with Crippen LogP contribution in [0.3, 0.4) is 0 Å². The Balaban J connectivity index is 2.76. The van der Waals surface area contributed by atoms with E-state index in [4.69, 9.17) is 10.5 Å². The van der Waals surface area contributed by atoms with Crippen molar-refractivity contribution in [2.75, 3.05) is 12.8 Å². The van der Waals surface area contributed by atoms with Gasteiger partial charge in [0.2, 0.25) is 0 Å². The summed E-state index contributed by atoms with van der Waals surface area (Å²) in [7, 11) is 3.52. The summed E-state index contributed by atoms with van der Waals surface area (Å²) in [6.45, 7) is 6.48. The van der Waals surface area contributed by atoms with Crippen LogP contribution in [0.15, 0.2) is 22.8 Å². The van der Waals surface area contributed by atoms with E-state index in [-0.39, 0.29) is 5.41 Å². The van der Waals surface area contributed by atoms with Crippen molar-refractivity contribution in [3.63, 3.8) is 0 Å². The van der Waals surface area contributed by atoms with Gasteiger partial charge in [-0.05, 0) is 17.5 Å². The molecular formula is C15H20BrN3O. The van der Waals surface area contributed by atoms with E-state index in [2.05, 4.69) is 47.9 Å². The first-order chi connectivity index (χ1) is 9.25. The molecule has 0 unspecified atom stereocenters. The number of methoxy groups -OCH3 is 1. The van der Waals surface area contributed by atoms with Crippen molar-refractivity contribution in [1.29, 1.82) is 0 Å². The number of nitrogens with two attached hydrogens (primary N) is 1. The van der Waals surface area contributed by atoms with Crippen LogP contribution in [0.4, 0.5) is 5.82 Å². The molecule has 0 aliphatic heterocycles. The Morgan fingerprint density at radius 2 is 1.90 bits per heavy atom. The zero-order valence-electron chi connectivity index (χ0n) is 12.5. The molecule has 0 fully saturated rings. The normalized spacial score (nSPS) is 11.7. The Morgan fingerprint density at radius 3 is 2.35 bits per heavy atom. The van der Waals surface area contributed by atoms with E-state index in [0.29, 0.717) is 5.82 Å². The molecule has 0 radical (unpaired) electrons. The monoisotopic (exact) mass is 337 g/mol. The van der Waals surface area contributed by atoms with E-state index in [1.807, 2.05) is 13.1 Å². The van der Waals surface area contributed by atoms with Gasteiger partial charge in [0.25, 0.3) is 0 Å². The quantitative estimate of drug-likeness (QED) is 0.908. The third-order valence-electron chi connectivity index (χ3n) is 3.34. The van der Waals surface area contributed by atoms with Gasteiger partial charge in [-0.1, -0.05) is 36.7 Å². The molecule has 4 nitrogen and oxygen atoms in total. The number of aromatic nitrogens is 2. The summed E-state index contributed by atoms with van der Waals surface area (Å²) < 4.78 is 8.32. The molecule has 0 amide bonds. The standard InChI is InChI=1S/C15H20BrN3O/c1-15(2,3)12-7-9(16)6-10(13(12)20-5)11-8-18-19(4)14(11)17/h6-8H,17H2,1-5H3. The van der Waals surface area contributed by atoms with Crippen molar-refractivity contribution in [3.8, 4) is 16.9 Å². The molecule has 2 rings (SSSR count). The molecule has 1 heterocycles. The fourth-order valence-electron chi connectivity index (χ4n) is 2.23. The Kier molecular flexibility index (Phi) is 3.82. The highest BCUT2D eigenvalue weighted by Gasteiger charge is 2.24. The van der Waals surface area contributed by atoms with Crippen molar-refractivity contribution < 1.29 is 4.74 Å². The van der Waals surface area contributed by atoms with Gasteiger partial charge in [-0.25, -0.2) is 0 Å². The molecule has 0 saturated heterocycles. The van der Waals surface area contributed by atoms with E-state index < -0.39 is 0 Å². The molecule has 0 spiro atoms. The summed E-state index contributed by atoms with van der Waals surface area (Å²) in [5.41, 5.74) is 9.04. The maximum Gasteiger partial charge on any atom is 0.130 e. The van der Waals surface area contributed by atoms with Gasteiger partial charge in [0.05, 0.1) is 13.3 Å². The number of rotatable bonds is 2. The summed E-state index contributed by atoms with van der Waals surface area (Å²) in [6.07, 6.45) is 1.77. The molecule has 108 valence electrons. The van der Waals surface area contributed by atoms with Gasteiger partial charge in [-0.2, -0.15) is 5.10 Å². The van der Waals surface area contributed by atoms with E-state index in [0.717, 1.165) is 26.9 Å². The molecule has 1 aromatic carbocycles. The number of hydrogen-bond acceptors (Lipinski definition) is 3. The lowest BCUT2D eigenvalue weighted by Crippen LogP contribution is -2.13. The van der Waals surface area contributed by atoms with Crippen LogP contribution in [0.25, 0.3) is 11.1 Å². The second kappa shape index (κ2) is 5.13. The number of aryl methyl sites for hydroxylation is 1. The minimum atomic E-state index is -0.0269. The van der Waals surface area contributed by atoms with Crippen molar-refractivity contribution >= 4 is 21.7 Å². The van der Waals surface area contributed by atoms with Crippen LogP contribution in [0.2, 0.25) is 0 Å². The molecule has 2 aromatic rings. The Labute approximate surface area is 128 Å². The van der Waals surface area contributed by atoms with Gasteiger partial charge in [0, 0.05) is 28.2 Å². The topological polar surface area (TPSA) is 53.1 Å². The maximum absolute atomic E-state index is 6.10. The lowest BCUT2D eigenvalue weighted by Gasteiger charge is -2.24. The van der Waals surface area contributed by atoms with Gasteiger partial charge >= 0.3 is 0 Å². The van der Waals surface area contributed by atoms with Crippen LogP contribution in [-0.2, 0) is 12.5 Å². The Morgan fingerprint density at radius 1 is 1.25 bits per heavy atom. The van der Waals surface area contributed by atoms with Crippen molar-refractivity contribution in [3.05, 3.63) is 28.4 Å². The highest BCUT2D eigenvalue weighted by atomic mass is 79.9. The second-order valence-electron chi connectivity index (χ2n) is 5.85. The third-order valence-corrected chi connectivity index (χ3v) is 3.80. The van der Waals surface area contributed by atoms with Gasteiger partial charge in [-0.15, -0.1) is 0 Å². The lowest BCUT2D eigenvalue weighted by molar-refractivity contribution is 0.399. The molecule has 1 aromatic heterocycles. The van der Waals surface area contributed by atoms with Crippen LogP contribution in [0.5, 0.6) is 5.75 Å². The molecule has 2 N–H and O–H groups in total. The van der Waals surface area contributed by atoms with Gasteiger partial charge < -0.3 is 10.5 Å². The van der Waals surface area contributed by atoms with Crippen LogP contribution >= 0.6 is 15.9 Å².